The number of hydrogen-bond donors (Lipinski definition) is 1. The molecule has 0 saturated carbocycles. The summed E-state index contributed by atoms with van der Waals surface area (Å²) < 4.78 is 3.87. The number of rotatable bonds is 2. The van der Waals surface area contributed by atoms with Gasteiger partial charge in [-0.2, -0.15) is 5.10 Å². The van der Waals surface area contributed by atoms with Gasteiger partial charge in [0.2, 0.25) is 0 Å². The van der Waals surface area contributed by atoms with Crippen LogP contribution < -0.4 is 5.73 Å². The Morgan fingerprint density at radius 3 is 2.50 bits per heavy atom. The molecular formula is C14H11Br2N3S. The van der Waals surface area contributed by atoms with Crippen LogP contribution in [0.2, 0.25) is 0 Å². The standard InChI is InChI=1S/C14H11Br2N3S/c1-8-12(11-7-10(15)13(16)20-11)18-19(14(8)17)9-5-3-2-4-6-9/h2-7H,17H2,1H3. The second-order valence-electron chi connectivity index (χ2n) is 4.34. The van der Waals surface area contributed by atoms with Crippen LogP contribution in [0.4, 0.5) is 5.82 Å². The van der Waals surface area contributed by atoms with Crippen LogP contribution in [0.25, 0.3) is 16.3 Å². The third kappa shape index (κ3) is 2.32. The molecule has 3 nitrogen and oxygen atoms in total. The van der Waals surface area contributed by atoms with Crippen molar-refractivity contribution in [2.45, 2.75) is 6.92 Å². The second kappa shape index (κ2) is 5.35. The summed E-state index contributed by atoms with van der Waals surface area (Å²) in [7, 11) is 0. The molecule has 0 aliphatic carbocycles. The van der Waals surface area contributed by atoms with Crippen molar-refractivity contribution in [3.63, 3.8) is 0 Å². The van der Waals surface area contributed by atoms with E-state index in [0.717, 1.165) is 30.1 Å². The highest BCUT2D eigenvalue weighted by Gasteiger charge is 2.17. The van der Waals surface area contributed by atoms with Crippen LogP contribution in [-0.4, -0.2) is 9.78 Å². The Balaban J connectivity index is 2.15. The average molecular weight is 413 g/mol. The van der Waals surface area contributed by atoms with Gasteiger partial charge in [0.1, 0.15) is 11.5 Å². The van der Waals surface area contributed by atoms with Gasteiger partial charge in [-0.05, 0) is 57.0 Å². The minimum absolute atomic E-state index is 0.673. The Morgan fingerprint density at radius 2 is 1.90 bits per heavy atom. The molecule has 0 fully saturated rings. The van der Waals surface area contributed by atoms with Crippen LogP contribution in [0, 0.1) is 6.92 Å². The Kier molecular flexibility index (Phi) is 3.70. The number of nitrogens with two attached hydrogens (primary N) is 1. The molecule has 0 unspecified atom stereocenters. The van der Waals surface area contributed by atoms with Gasteiger partial charge in [-0.3, -0.25) is 0 Å². The lowest BCUT2D eigenvalue weighted by molar-refractivity contribution is 0.896. The van der Waals surface area contributed by atoms with Gasteiger partial charge in [0.05, 0.1) is 14.4 Å². The van der Waals surface area contributed by atoms with Crippen molar-refractivity contribution >= 4 is 49.0 Å². The zero-order valence-corrected chi connectivity index (χ0v) is 14.6. The lowest BCUT2D eigenvalue weighted by atomic mass is 10.2. The number of hydrogen-bond acceptors (Lipinski definition) is 3. The zero-order valence-electron chi connectivity index (χ0n) is 10.6. The molecule has 0 aliphatic heterocycles. The van der Waals surface area contributed by atoms with Crippen molar-refractivity contribution < 1.29 is 0 Å². The van der Waals surface area contributed by atoms with Crippen molar-refractivity contribution in [1.82, 2.24) is 9.78 Å². The van der Waals surface area contributed by atoms with Gasteiger partial charge in [0, 0.05) is 10.0 Å². The van der Waals surface area contributed by atoms with Gasteiger partial charge in [0.15, 0.2) is 0 Å². The minimum atomic E-state index is 0.673. The van der Waals surface area contributed by atoms with E-state index in [2.05, 4.69) is 43.0 Å². The van der Waals surface area contributed by atoms with E-state index in [9.17, 15) is 0 Å². The highest BCUT2D eigenvalue weighted by atomic mass is 79.9. The average Bonchev–Trinajstić information content (AvgIpc) is 2.93. The maximum absolute atomic E-state index is 6.20. The molecule has 0 spiro atoms. The molecule has 1 aromatic carbocycles. The normalized spacial score (nSPS) is 10.9. The molecule has 0 saturated heterocycles. The number of aromatic nitrogens is 2. The van der Waals surface area contributed by atoms with E-state index in [1.54, 1.807) is 16.0 Å². The fraction of sp³-hybridized carbons (Fsp3) is 0.0714. The fourth-order valence-electron chi connectivity index (χ4n) is 1.97. The lowest BCUT2D eigenvalue weighted by Crippen LogP contribution is -2.01. The highest BCUT2D eigenvalue weighted by Crippen LogP contribution is 2.40. The van der Waals surface area contributed by atoms with E-state index in [1.807, 2.05) is 37.3 Å². The molecule has 2 heterocycles. The Labute approximate surface area is 137 Å². The first kappa shape index (κ1) is 13.9. The molecular weight excluding hydrogens is 402 g/mol. The largest absolute Gasteiger partial charge is 0.383 e. The third-order valence-corrected chi connectivity index (χ3v) is 6.31. The number of anilines is 1. The van der Waals surface area contributed by atoms with Crippen molar-refractivity contribution in [3.8, 4) is 16.3 Å². The fourth-order valence-corrected chi connectivity index (χ4v) is 4.05. The first-order valence-electron chi connectivity index (χ1n) is 5.93. The van der Waals surface area contributed by atoms with E-state index in [0.29, 0.717) is 5.82 Å². The molecule has 0 aliphatic rings. The smallest absolute Gasteiger partial charge is 0.130 e. The van der Waals surface area contributed by atoms with Gasteiger partial charge in [-0.25, -0.2) is 4.68 Å². The minimum Gasteiger partial charge on any atom is -0.383 e. The number of para-hydroxylation sites is 1. The van der Waals surface area contributed by atoms with Crippen LogP contribution in [-0.2, 0) is 0 Å². The lowest BCUT2D eigenvalue weighted by Gasteiger charge is -2.02. The summed E-state index contributed by atoms with van der Waals surface area (Å²) in [6.45, 7) is 2.00. The maximum atomic E-state index is 6.20. The number of halogens is 2. The number of benzene rings is 1. The first-order chi connectivity index (χ1) is 9.58. The van der Waals surface area contributed by atoms with E-state index in [-0.39, 0.29) is 0 Å². The maximum Gasteiger partial charge on any atom is 0.130 e. The van der Waals surface area contributed by atoms with Crippen molar-refractivity contribution in [1.29, 1.82) is 0 Å². The van der Waals surface area contributed by atoms with Crippen molar-refractivity contribution in [3.05, 3.63) is 50.2 Å². The summed E-state index contributed by atoms with van der Waals surface area (Å²) >= 11 is 8.66. The SMILES string of the molecule is Cc1c(-c2cc(Br)c(Br)s2)nn(-c2ccccc2)c1N. The van der Waals surface area contributed by atoms with Gasteiger partial charge < -0.3 is 5.73 Å². The molecule has 0 bridgehead atoms. The molecule has 0 amide bonds. The quantitative estimate of drug-likeness (QED) is 0.642. The summed E-state index contributed by atoms with van der Waals surface area (Å²) in [5.74, 6) is 0.673. The van der Waals surface area contributed by atoms with Gasteiger partial charge in [-0.15, -0.1) is 11.3 Å². The predicted octanol–water partition coefficient (Wildman–Crippen LogP) is 5.02. The molecule has 2 aromatic heterocycles. The number of thiophene rings is 1. The molecule has 2 N–H and O–H groups in total. The van der Waals surface area contributed by atoms with E-state index in [4.69, 9.17) is 5.73 Å². The van der Waals surface area contributed by atoms with Crippen molar-refractivity contribution in [2.24, 2.45) is 0 Å². The molecule has 102 valence electrons. The molecule has 3 aromatic rings. The molecule has 6 heteroatoms. The third-order valence-electron chi connectivity index (χ3n) is 3.05. The first-order valence-corrected chi connectivity index (χ1v) is 8.34. The number of nitrogen functional groups attached to an aromatic ring is 1. The monoisotopic (exact) mass is 411 g/mol. The van der Waals surface area contributed by atoms with E-state index in [1.165, 1.54) is 0 Å². The van der Waals surface area contributed by atoms with Crippen LogP contribution in [0.5, 0.6) is 0 Å². The van der Waals surface area contributed by atoms with E-state index < -0.39 is 0 Å². The second-order valence-corrected chi connectivity index (χ2v) is 7.56. The van der Waals surface area contributed by atoms with Gasteiger partial charge in [-0.1, -0.05) is 18.2 Å². The summed E-state index contributed by atoms with van der Waals surface area (Å²) in [5, 5.41) is 4.66. The molecule has 3 rings (SSSR count). The summed E-state index contributed by atoms with van der Waals surface area (Å²) in [4.78, 5) is 1.09. The van der Waals surface area contributed by atoms with Gasteiger partial charge in [0.25, 0.3) is 0 Å². The van der Waals surface area contributed by atoms with Crippen molar-refractivity contribution in [2.75, 3.05) is 5.73 Å². The number of nitrogens with zero attached hydrogens (tertiary/aromatic N) is 2. The summed E-state index contributed by atoms with van der Waals surface area (Å²) in [6.07, 6.45) is 0. The van der Waals surface area contributed by atoms with Crippen LogP contribution >= 0.6 is 43.2 Å². The highest BCUT2D eigenvalue weighted by molar-refractivity contribution is 9.13. The molecule has 0 radical (unpaired) electrons. The predicted molar refractivity (Wildman–Crippen MR) is 91.4 cm³/mol. The Hall–Kier alpha value is -1.11. The van der Waals surface area contributed by atoms with E-state index >= 15 is 0 Å². The van der Waals surface area contributed by atoms with Crippen LogP contribution in [0.15, 0.2) is 44.7 Å². The van der Waals surface area contributed by atoms with Crippen LogP contribution in [0.1, 0.15) is 5.56 Å². The van der Waals surface area contributed by atoms with Gasteiger partial charge >= 0.3 is 0 Å². The molecule has 0 atom stereocenters. The topological polar surface area (TPSA) is 43.8 Å². The summed E-state index contributed by atoms with van der Waals surface area (Å²) in [6, 6.07) is 12.0. The van der Waals surface area contributed by atoms with Crippen LogP contribution in [0.3, 0.4) is 0 Å². The summed E-state index contributed by atoms with van der Waals surface area (Å²) in [5.41, 5.74) is 9.08. The Bertz CT molecular complexity index is 743. The zero-order chi connectivity index (χ0) is 14.3. The Morgan fingerprint density at radius 1 is 1.20 bits per heavy atom. The molecule has 20 heavy (non-hydrogen) atoms.